The van der Waals surface area contributed by atoms with Gasteiger partial charge in [-0.3, -0.25) is 0 Å². The summed E-state index contributed by atoms with van der Waals surface area (Å²) in [6, 6.07) is 61.7. The molecule has 10 rings (SSSR count). The molecular formula is C50H34N4. The van der Waals surface area contributed by atoms with E-state index in [9.17, 15) is 5.26 Å². The molecule has 2 heterocycles. The molecule has 0 atom stereocenters. The zero-order valence-corrected chi connectivity index (χ0v) is 30.0. The molecule has 254 valence electrons. The third kappa shape index (κ3) is 4.98. The van der Waals surface area contributed by atoms with E-state index in [0.29, 0.717) is 11.4 Å². The van der Waals surface area contributed by atoms with Gasteiger partial charge < -0.3 is 4.57 Å². The number of aromatic nitrogens is 3. The predicted octanol–water partition coefficient (Wildman–Crippen LogP) is 12.4. The number of nitrogens with zero attached hydrogens (tertiary/aromatic N) is 4. The van der Waals surface area contributed by atoms with Gasteiger partial charge >= 0.3 is 0 Å². The molecule has 2 aromatic heterocycles. The highest BCUT2D eigenvalue weighted by atomic mass is 15.0. The fourth-order valence-electron chi connectivity index (χ4n) is 8.39. The van der Waals surface area contributed by atoms with Gasteiger partial charge in [-0.15, -0.1) is 0 Å². The van der Waals surface area contributed by atoms with E-state index in [0.717, 1.165) is 55.9 Å². The molecule has 4 nitrogen and oxygen atoms in total. The van der Waals surface area contributed by atoms with Gasteiger partial charge in [0.25, 0.3) is 0 Å². The second-order valence-electron chi connectivity index (χ2n) is 14.6. The van der Waals surface area contributed by atoms with E-state index in [1.165, 1.54) is 33.0 Å². The Morgan fingerprint density at radius 3 is 1.89 bits per heavy atom. The minimum absolute atomic E-state index is 0.150. The maximum atomic E-state index is 10.3. The van der Waals surface area contributed by atoms with Crippen molar-refractivity contribution in [2.24, 2.45) is 0 Å². The monoisotopic (exact) mass is 690 g/mol. The topological polar surface area (TPSA) is 54.5 Å². The molecule has 0 spiro atoms. The van der Waals surface area contributed by atoms with Crippen molar-refractivity contribution in [3.8, 4) is 67.9 Å². The van der Waals surface area contributed by atoms with E-state index in [2.05, 4.69) is 134 Å². The van der Waals surface area contributed by atoms with Crippen LogP contribution in [0.4, 0.5) is 0 Å². The number of hydrogen-bond acceptors (Lipinski definition) is 3. The summed E-state index contributed by atoms with van der Waals surface area (Å²) in [6.45, 7) is 4.66. The SMILES string of the molecule is CC1(C)c2ccccc2-c2cc3c4ccccc4n(-c4cc(-c5cc(-c6ccccc6)nc(-c6ccccc6)n5)cc(-c5ccccc5C#N)c4)c3cc21. The number of rotatable bonds is 5. The highest BCUT2D eigenvalue weighted by Crippen LogP contribution is 2.51. The summed E-state index contributed by atoms with van der Waals surface area (Å²) in [7, 11) is 0. The zero-order chi connectivity index (χ0) is 36.4. The molecule has 0 amide bonds. The quantitative estimate of drug-likeness (QED) is 0.181. The molecule has 0 unspecified atom stereocenters. The Labute approximate surface area is 314 Å². The molecule has 0 N–H and O–H groups in total. The Morgan fingerprint density at radius 2 is 1.11 bits per heavy atom. The highest BCUT2D eigenvalue weighted by molar-refractivity contribution is 6.11. The summed E-state index contributed by atoms with van der Waals surface area (Å²) >= 11 is 0. The van der Waals surface area contributed by atoms with Crippen molar-refractivity contribution in [3.63, 3.8) is 0 Å². The van der Waals surface area contributed by atoms with Crippen molar-refractivity contribution in [1.29, 1.82) is 5.26 Å². The Hall–Kier alpha value is -7.09. The van der Waals surface area contributed by atoms with E-state index in [-0.39, 0.29) is 5.41 Å². The number of hydrogen-bond donors (Lipinski definition) is 0. The molecule has 0 fully saturated rings. The van der Waals surface area contributed by atoms with Crippen molar-refractivity contribution >= 4 is 21.8 Å². The van der Waals surface area contributed by atoms with Crippen LogP contribution in [0.5, 0.6) is 0 Å². The molecule has 0 saturated heterocycles. The molecular weight excluding hydrogens is 657 g/mol. The fourth-order valence-corrected chi connectivity index (χ4v) is 8.39. The van der Waals surface area contributed by atoms with E-state index < -0.39 is 0 Å². The van der Waals surface area contributed by atoms with Crippen LogP contribution in [0.2, 0.25) is 0 Å². The first-order valence-corrected chi connectivity index (χ1v) is 18.3. The zero-order valence-electron chi connectivity index (χ0n) is 30.0. The molecule has 0 saturated carbocycles. The molecule has 1 aliphatic carbocycles. The van der Waals surface area contributed by atoms with Gasteiger partial charge in [0.1, 0.15) is 0 Å². The number of benzene rings is 7. The van der Waals surface area contributed by atoms with Crippen molar-refractivity contribution in [3.05, 3.63) is 187 Å². The van der Waals surface area contributed by atoms with Crippen LogP contribution in [-0.2, 0) is 5.41 Å². The lowest BCUT2D eigenvalue weighted by Crippen LogP contribution is -2.15. The van der Waals surface area contributed by atoms with Gasteiger partial charge in [-0.05, 0) is 81.9 Å². The van der Waals surface area contributed by atoms with Gasteiger partial charge in [-0.2, -0.15) is 5.26 Å². The van der Waals surface area contributed by atoms with E-state index in [1.807, 2.05) is 60.7 Å². The van der Waals surface area contributed by atoms with Gasteiger partial charge in [0.15, 0.2) is 5.82 Å². The van der Waals surface area contributed by atoms with Gasteiger partial charge in [-0.1, -0.05) is 135 Å². The summed E-state index contributed by atoms with van der Waals surface area (Å²) in [6.07, 6.45) is 0. The first kappa shape index (κ1) is 31.6. The minimum atomic E-state index is -0.150. The first-order valence-electron chi connectivity index (χ1n) is 18.3. The maximum absolute atomic E-state index is 10.3. The number of fused-ring (bicyclic) bond motifs is 6. The molecule has 0 bridgehead atoms. The van der Waals surface area contributed by atoms with Crippen LogP contribution in [-0.4, -0.2) is 14.5 Å². The normalized spacial score (nSPS) is 12.8. The summed E-state index contributed by atoms with van der Waals surface area (Å²) in [5.41, 5.74) is 15.4. The minimum Gasteiger partial charge on any atom is -0.309 e. The van der Waals surface area contributed by atoms with Crippen molar-refractivity contribution in [2.45, 2.75) is 19.3 Å². The van der Waals surface area contributed by atoms with Gasteiger partial charge in [0.2, 0.25) is 0 Å². The lowest BCUT2D eigenvalue weighted by atomic mass is 9.82. The van der Waals surface area contributed by atoms with Gasteiger partial charge in [0, 0.05) is 38.6 Å². The first-order chi connectivity index (χ1) is 26.5. The van der Waals surface area contributed by atoms with Crippen molar-refractivity contribution in [1.82, 2.24) is 14.5 Å². The van der Waals surface area contributed by atoms with Gasteiger partial charge in [0.05, 0.1) is 34.1 Å². The average molecular weight is 691 g/mol. The molecule has 1 aliphatic rings. The third-order valence-electron chi connectivity index (χ3n) is 11.0. The lowest BCUT2D eigenvalue weighted by Gasteiger charge is -2.22. The molecule has 54 heavy (non-hydrogen) atoms. The standard InChI is InChI=1S/C50H34N4/c1-50(2)43-23-13-11-21-39(43)41-28-42-40-22-12-14-24-47(40)54(48(42)29-44(41)50)37-26-35(38-20-10-9-19-34(38)31-51)25-36(27-37)46-30-45(32-15-5-3-6-16-32)52-49(53-46)33-17-7-4-8-18-33/h3-30H,1-2H3. The number of para-hydroxylation sites is 1. The van der Waals surface area contributed by atoms with E-state index >= 15 is 0 Å². The van der Waals surface area contributed by atoms with E-state index in [1.54, 1.807) is 0 Å². The van der Waals surface area contributed by atoms with Crippen LogP contribution in [0.1, 0.15) is 30.5 Å². The second kappa shape index (κ2) is 12.3. The van der Waals surface area contributed by atoms with Crippen LogP contribution in [0.25, 0.3) is 83.6 Å². The molecule has 7 aromatic carbocycles. The number of nitriles is 1. The Bertz CT molecular complexity index is 2910. The second-order valence-corrected chi connectivity index (χ2v) is 14.6. The van der Waals surface area contributed by atoms with Crippen molar-refractivity contribution < 1.29 is 0 Å². The van der Waals surface area contributed by atoms with Crippen LogP contribution in [0.3, 0.4) is 0 Å². The summed E-state index contributed by atoms with van der Waals surface area (Å²) in [5.74, 6) is 0.658. The Kier molecular flexibility index (Phi) is 7.18. The van der Waals surface area contributed by atoms with Crippen LogP contribution < -0.4 is 0 Å². The molecule has 0 radical (unpaired) electrons. The largest absolute Gasteiger partial charge is 0.309 e. The highest BCUT2D eigenvalue weighted by Gasteiger charge is 2.36. The van der Waals surface area contributed by atoms with E-state index in [4.69, 9.17) is 9.97 Å². The molecule has 9 aromatic rings. The summed E-state index contributed by atoms with van der Waals surface area (Å²) in [5, 5.41) is 12.7. The predicted molar refractivity (Wildman–Crippen MR) is 220 cm³/mol. The Balaban J connectivity index is 1.28. The van der Waals surface area contributed by atoms with Gasteiger partial charge in [-0.25, -0.2) is 9.97 Å². The summed E-state index contributed by atoms with van der Waals surface area (Å²) in [4.78, 5) is 10.3. The average Bonchev–Trinajstić information content (AvgIpc) is 3.68. The lowest BCUT2D eigenvalue weighted by molar-refractivity contribution is 0.661. The van der Waals surface area contributed by atoms with Crippen LogP contribution in [0, 0.1) is 11.3 Å². The molecule has 4 heteroatoms. The van der Waals surface area contributed by atoms with Crippen LogP contribution in [0.15, 0.2) is 170 Å². The molecule has 0 aliphatic heterocycles. The van der Waals surface area contributed by atoms with Crippen LogP contribution >= 0.6 is 0 Å². The third-order valence-corrected chi connectivity index (χ3v) is 11.0. The summed E-state index contributed by atoms with van der Waals surface area (Å²) < 4.78 is 2.39. The smallest absolute Gasteiger partial charge is 0.160 e. The fraction of sp³-hybridized carbons (Fsp3) is 0.0600. The van der Waals surface area contributed by atoms with Crippen molar-refractivity contribution in [2.75, 3.05) is 0 Å². The maximum Gasteiger partial charge on any atom is 0.160 e. The Morgan fingerprint density at radius 1 is 0.481 bits per heavy atom.